The Kier molecular flexibility index (Phi) is 4.89. The zero-order chi connectivity index (χ0) is 18.0. The van der Waals surface area contributed by atoms with Crippen LogP contribution in [0.15, 0.2) is 77.5 Å². The van der Waals surface area contributed by atoms with Crippen molar-refractivity contribution in [2.45, 2.75) is 26.8 Å². The quantitative estimate of drug-likeness (QED) is 0.692. The third-order valence-corrected chi connectivity index (χ3v) is 4.84. The number of hydrogen-bond donors (Lipinski definition) is 0. The van der Waals surface area contributed by atoms with Gasteiger partial charge < -0.3 is 4.90 Å². The Balaban J connectivity index is 0.000000880. The second kappa shape index (κ2) is 7.10. The van der Waals surface area contributed by atoms with Gasteiger partial charge in [-0.1, -0.05) is 57.7 Å². The van der Waals surface area contributed by atoms with Gasteiger partial charge >= 0.3 is 0 Å². The van der Waals surface area contributed by atoms with Crippen molar-refractivity contribution in [3.05, 3.63) is 83.6 Å². The molecule has 4 rings (SSSR count). The molecule has 2 nitrogen and oxygen atoms in total. The molecule has 0 spiro atoms. The maximum atomic E-state index is 4.26. The van der Waals surface area contributed by atoms with Gasteiger partial charge in [0.1, 0.15) is 0 Å². The van der Waals surface area contributed by atoms with E-state index in [0.29, 0.717) is 5.92 Å². The van der Waals surface area contributed by atoms with E-state index in [2.05, 4.69) is 85.2 Å². The minimum Gasteiger partial charge on any atom is -0.369 e. The van der Waals surface area contributed by atoms with Crippen LogP contribution in [0.3, 0.4) is 0 Å². The van der Waals surface area contributed by atoms with E-state index in [1.807, 2.05) is 20.1 Å². The molecule has 2 heterocycles. The molecule has 1 aromatic carbocycles. The van der Waals surface area contributed by atoms with Crippen LogP contribution >= 0.6 is 0 Å². The Morgan fingerprint density at radius 3 is 2.60 bits per heavy atom. The maximum absolute atomic E-state index is 4.26. The van der Waals surface area contributed by atoms with Gasteiger partial charge in [0.15, 0.2) is 0 Å². The highest BCUT2D eigenvalue weighted by Gasteiger charge is 2.26. The molecule has 0 saturated carbocycles. The summed E-state index contributed by atoms with van der Waals surface area (Å²) >= 11 is 0. The van der Waals surface area contributed by atoms with E-state index in [1.165, 1.54) is 27.8 Å². The predicted molar refractivity (Wildman–Crippen MR) is 109 cm³/mol. The molecule has 2 atom stereocenters. The van der Waals surface area contributed by atoms with Gasteiger partial charge in [-0.25, -0.2) is 0 Å². The van der Waals surface area contributed by atoms with E-state index in [-0.39, 0.29) is 6.04 Å². The molecular weight excluding hydrogens is 304 g/mol. The fourth-order valence-electron chi connectivity index (χ4n) is 3.36. The van der Waals surface area contributed by atoms with Gasteiger partial charge in [0.25, 0.3) is 0 Å². The molecule has 0 aromatic heterocycles. The minimum atomic E-state index is 0.238. The highest BCUT2D eigenvalue weighted by Crippen LogP contribution is 2.36. The minimum absolute atomic E-state index is 0.238. The van der Waals surface area contributed by atoms with E-state index >= 15 is 0 Å². The zero-order valence-electron chi connectivity index (χ0n) is 15.5. The average molecular weight is 330 g/mol. The number of nitrogens with zero attached hydrogens (tertiary/aromatic N) is 2. The zero-order valence-corrected chi connectivity index (χ0v) is 15.5. The van der Waals surface area contributed by atoms with Gasteiger partial charge in [-0.2, -0.15) is 0 Å². The van der Waals surface area contributed by atoms with Gasteiger partial charge in [0.05, 0.1) is 11.7 Å². The predicted octanol–water partition coefficient (Wildman–Crippen LogP) is 5.68. The summed E-state index contributed by atoms with van der Waals surface area (Å²) in [5.74, 6) is 0.388. The largest absolute Gasteiger partial charge is 0.369 e. The summed E-state index contributed by atoms with van der Waals surface area (Å²) in [5.41, 5.74) is 7.42. The molecule has 1 aromatic rings. The molecule has 128 valence electrons. The molecule has 0 fully saturated rings. The molecule has 0 amide bonds. The normalized spacial score (nSPS) is 23.2. The van der Waals surface area contributed by atoms with Gasteiger partial charge in [0, 0.05) is 18.8 Å². The molecular formula is C23H26N2. The smallest absolute Gasteiger partial charge is 0.0790 e. The molecule has 25 heavy (non-hydrogen) atoms. The van der Waals surface area contributed by atoms with Gasteiger partial charge in [-0.3, -0.25) is 4.99 Å². The summed E-state index contributed by atoms with van der Waals surface area (Å²) < 4.78 is 0. The molecule has 0 N–H and O–H groups in total. The van der Waals surface area contributed by atoms with Crippen LogP contribution in [0.1, 0.15) is 31.9 Å². The van der Waals surface area contributed by atoms with E-state index in [0.717, 1.165) is 5.69 Å². The van der Waals surface area contributed by atoms with Crippen molar-refractivity contribution in [2.75, 3.05) is 7.05 Å². The topological polar surface area (TPSA) is 15.6 Å². The summed E-state index contributed by atoms with van der Waals surface area (Å²) in [6.45, 7) is 10.3. The number of likely N-dealkylation sites (N-methyl/N-ethyl adjacent to an activating group) is 1. The Morgan fingerprint density at radius 2 is 1.96 bits per heavy atom. The van der Waals surface area contributed by atoms with Crippen molar-refractivity contribution in [1.29, 1.82) is 0 Å². The summed E-state index contributed by atoms with van der Waals surface area (Å²) in [6, 6.07) is 6.76. The fourth-order valence-corrected chi connectivity index (χ4v) is 3.36. The van der Waals surface area contributed by atoms with E-state index in [9.17, 15) is 0 Å². The summed E-state index contributed by atoms with van der Waals surface area (Å²) in [5, 5.41) is 0. The standard InChI is InChI=1S/C21H20N2.C2H6/c1-14-6-7-17(11-15(14)2)21-19(5-4-10-23(21)3)16-8-9-20-18(12-16)13-22-20;1-2/h4-13,15,21H,1H2,2-3H3;1-2H3. The van der Waals surface area contributed by atoms with Crippen LogP contribution in [0.25, 0.3) is 5.57 Å². The van der Waals surface area contributed by atoms with Crippen molar-refractivity contribution < 1.29 is 0 Å². The van der Waals surface area contributed by atoms with Crippen molar-refractivity contribution >= 4 is 17.5 Å². The van der Waals surface area contributed by atoms with Crippen LogP contribution in [-0.4, -0.2) is 24.2 Å². The summed E-state index contributed by atoms with van der Waals surface area (Å²) in [4.78, 5) is 6.54. The first-order valence-electron chi connectivity index (χ1n) is 9.01. The molecule has 2 unspecified atom stereocenters. The van der Waals surface area contributed by atoms with Crippen molar-refractivity contribution in [1.82, 2.24) is 4.90 Å². The lowest BCUT2D eigenvalue weighted by Gasteiger charge is -2.35. The molecule has 0 saturated heterocycles. The first-order valence-corrected chi connectivity index (χ1v) is 9.01. The van der Waals surface area contributed by atoms with Crippen molar-refractivity contribution in [2.24, 2.45) is 10.9 Å². The summed E-state index contributed by atoms with van der Waals surface area (Å²) in [7, 11) is 2.14. The monoisotopic (exact) mass is 330 g/mol. The third-order valence-electron chi connectivity index (χ3n) is 4.84. The van der Waals surface area contributed by atoms with E-state index in [4.69, 9.17) is 0 Å². The number of fused-ring (bicyclic) bond motifs is 1. The Hall–Kier alpha value is -2.61. The Morgan fingerprint density at radius 1 is 1.16 bits per heavy atom. The fraction of sp³-hybridized carbons (Fsp3) is 0.261. The highest BCUT2D eigenvalue weighted by molar-refractivity contribution is 5.98. The van der Waals surface area contributed by atoms with Crippen LogP contribution in [-0.2, 0) is 0 Å². The van der Waals surface area contributed by atoms with E-state index in [1.54, 1.807) is 0 Å². The number of benzene rings is 1. The first-order chi connectivity index (χ1) is 12.1. The molecule has 0 bridgehead atoms. The molecule has 0 radical (unpaired) electrons. The van der Waals surface area contributed by atoms with Gasteiger partial charge in [0.2, 0.25) is 0 Å². The Labute approximate surface area is 151 Å². The SMILES string of the molecule is C=C1C=CC(C2C(c3ccc4c(c3)C=N4)=CC=CN2C)=CC1C.CC. The lowest BCUT2D eigenvalue weighted by atomic mass is 9.84. The summed E-state index contributed by atoms with van der Waals surface area (Å²) in [6.07, 6.45) is 15.1. The third kappa shape index (κ3) is 3.17. The first kappa shape index (κ1) is 17.2. The van der Waals surface area contributed by atoms with Crippen LogP contribution in [0, 0.1) is 5.92 Å². The van der Waals surface area contributed by atoms with Crippen LogP contribution in [0.5, 0.6) is 0 Å². The molecule has 2 heteroatoms. The lowest BCUT2D eigenvalue weighted by Crippen LogP contribution is -2.32. The average Bonchev–Trinajstić information content (AvgIpc) is 2.60. The van der Waals surface area contributed by atoms with Crippen LogP contribution in [0.2, 0.25) is 0 Å². The lowest BCUT2D eigenvalue weighted by molar-refractivity contribution is 0.431. The molecule has 1 aliphatic carbocycles. The van der Waals surface area contributed by atoms with Gasteiger partial charge in [-0.05, 0) is 52.6 Å². The Bertz CT molecular complexity index is 834. The second-order valence-electron chi connectivity index (χ2n) is 6.43. The van der Waals surface area contributed by atoms with E-state index < -0.39 is 0 Å². The van der Waals surface area contributed by atoms with Crippen molar-refractivity contribution in [3.63, 3.8) is 0 Å². The molecule has 3 aliphatic rings. The number of aliphatic imine (C=N–C) groups is 1. The number of hydrogen-bond acceptors (Lipinski definition) is 2. The van der Waals surface area contributed by atoms with Crippen molar-refractivity contribution in [3.8, 4) is 0 Å². The molecule has 2 aliphatic heterocycles. The second-order valence-corrected chi connectivity index (χ2v) is 6.43. The number of allylic oxidation sites excluding steroid dienone is 5. The van der Waals surface area contributed by atoms with Crippen LogP contribution in [0.4, 0.5) is 5.69 Å². The van der Waals surface area contributed by atoms with Gasteiger partial charge in [-0.15, -0.1) is 0 Å². The highest BCUT2D eigenvalue weighted by atomic mass is 15.1. The number of rotatable bonds is 2. The maximum Gasteiger partial charge on any atom is 0.0790 e. The van der Waals surface area contributed by atoms with Crippen LogP contribution < -0.4 is 0 Å².